The molecule has 0 bridgehead atoms. The largest absolute Gasteiger partial charge is 0.495 e. The molecule has 1 N–H and O–H groups in total. The summed E-state index contributed by atoms with van der Waals surface area (Å²) in [5.41, 5.74) is 8.66. The molecule has 1 fully saturated rings. The molecular formula is C29H29ClN4OS. The maximum Gasteiger partial charge on any atom is 0.174 e. The zero-order valence-corrected chi connectivity index (χ0v) is 22.6. The maximum atomic E-state index is 6.40. The van der Waals surface area contributed by atoms with Crippen LogP contribution in [-0.2, 0) is 0 Å². The van der Waals surface area contributed by atoms with Crippen LogP contribution in [0.3, 0.4) is 0 Å². The molecule has 2 aromatic heterocycles. The van der Waals surface area contributed by atoms with E-state index in [9.17, 15) is 0 Å². The Labute approximate surface area is 222 Å². The first kappa shape index (κ1) is 24.3. The summed E-state index contributed by atoms with van der Waals surface area (Å²) in [5.74, 6) is 0.764. The van der Waals surface area contributed by atoms with E-state index in [4.69, 9.17) is 33.5 Å². The fourth-order valence-corrected chi connectivity index (χ4v) is 5.85. The average molecular weight is 517 g/mol. The average Bonchev–Trinajstić information content (AvgIpc) is 3.34. The molecule has 1 aliphatic rings. The van der Waals surface area contributed by atoms with E-state index in [2.05, 4.69) is 72.8 Å². The molecule has 0 unspecified atom stereocenters. The van der Waals surface area contributed by atoms with Crippen LogP contribution < -0.4 is 15.0 Å². The Hall–Kier alpha value is -3.35. The minimum Gasteiger partial charge on any atom is -0.495 e. The van der Waals surface area contributed by atoms with Crippen LogP contribution >= 0.6 is 23.8 Å². The van der Waals surface area contributed by atoms with Crippen molar-refractivity contribution < 1.29 is 4.74 Å². The van der Waals surface area contributed by atoms with Crippen molar-refractivity contribution in [2.75, 3.05) is 12.0 Å². The van der Waals surface area contributed by atoms with Gasteiger partial charge in [-0.2, -0.15) is 0 Å². The highest BCUT2D eigenvalue weighted by Crippen LogP contribution is 2.44. The van der Waals surface area contributed by atoms with E-state index in [1.54, 1.807) is 7.11 Å². The Kier molecular flexibility index (Phi) is 6.49. The summed E-state index contributed by atoms with van der Waals surface area (Å²) in [6.45, 7) is 8.48. The molecule has 7 heteroatoms. The summed E-state index contributed by atoms with van der Waals surface area (Å²) >= 11 is 12.3. The Morgan fingerprint density at radius 3 is 2.39 bits per heavy atom. The Morgan fingerprint density at radius 2 is 1.72 bits per heavy atom. The molecule has 5 rings (SSSR count). The van der Waals surface area contributed by atoms with Gasteiger partial charge < -0.3 is 19.5 Å². The quantitative estimate of drug-likeness (QED) is 0.291. The van der Waals surface area contributed by atoms with Crippen LogP contribution in [0.5, 0.6) is 5.75 Å². The Balaban J connectivity index is 1.72. The van der Waals surface area contributed by atoms with Crippen LogP contribution in [0.15, 0.2) is 66.9 Å². The Bertz CT molecular complexity index is 1430. The van der Waals surface area contributed by atoms with Crippen molar-refractivity contribution in [1.82, 2.24) is 14.9 Å². The van der Waals surface area contributed by atoms with Crippen LogP contribution in [-0.4, -0.2) is 21.8 Å². The van der Waals surface area contributed by atoms with Crippen molar-refractivity contribution in [3.05, 3.63) is 106 Å². The van der Waals surface area contributed by atoms with Crippen molar-refractivity contribution in [2.24, 2.45) is 0 Å². The van der Waals surface area contributed by atoms with Gasteiger partial charge in [0, 0.05) is 28.3 Å². The standard InChI is InChI=1S/C29H29ClN4OS/c1-17-12-18(2)14-22(13-17)34-28(27(32-29(34)36)24-8-6-7-11-31-24)23-15-19(3)33(20(23)4)25-16-21(30)9-10-26(25)35-5/h6-16,27-28H,1-5H3,(H,32,36)/t27-,28-/m0/s1. The molecule has 3 heterocycles. The zero-order chi connectivity index (χ0) is 25.6. The molecule has 0 saturated carbocycles. The van der Waals surface area contributed by atoms with Crippen LogP contribution in [0.1, 0.15) is 45.9 Å². The van der Waals surface area contributed by atoms with Crippen LogP contribution in [0.4, 0.5) is 5.69 Å². The van der Waals surface area contributed by atoms with E-state index in [0.717, 1.165) is 39.8 Å². The molecule has 184 valence electrons. The number of hydrogen-bond donors (Lipinski definition) is 1. The van der Waals surface area contributed by atoms with Crippen molar-refractivity contribution in [2.45, 2.75) is 39.8 Å². The molecule has 0 radical (unpaired) electrons. The van der Waals surface area contributed by atoms with Gasteiger partial charge in [0.05, 0.1) is 30.6 Å². The number of thiocarbonyl (C=S) groups is 1. The van der Waals surface area contributed by atoms with Crippen LogP contribution in [0, 0.1) is 27.7 Å². The van der Waals surface area contributed by atoms with Crippen molar-refractivity contribution in [3.8, 4) is 11.4 Å². The van der Waals surface area contributed by atoms with Gasteiger partial charge in [0.2, 0.25) is 0 Å². The van der Waals surface area contributed by atoms with Crippen LogP contribution in [0.2, 0.25) is 5.02 Å². The van der Waals surface area contributed by atoms with Crippen LogP contribution in [0.25, 0.3) is 5.69 Å². The molecule has 2 aromatic carbocycles. The molecule has 0 spiro atoms. The monoisotopic (exact) mass is 516 g/mol. The SMILES string of the molecule is COc1ccc(Cl)cc1-n1c(C)cc([C@H]2[C@H](c3ccccn3)NC(=S)N2c2cc(C)cc(C)c2)c1C. The van der Waals surface area contributed by atoms with Gasteiger partial charge in [0.15, 0.2) is 5.11 Å². The number of pyridine rings is 1. The van der Waals surface area contributed by atoms with Crippen molar-refractivity contribution in [3.63, 3.8) is 0 Å². The van der Waals surface area contributed by atoms with E-state index in [0.29, 0.717) is 10.1 Å². The first-order valence-electron chi connectivity index (χ1n) is 11.9. The predicted molar refractivity (Wildman–Crippen MR) is 151 cm³/mol. The summed E-state index contributed by atoms with van der Waals surface area (Å²) in [5, 5.41) is 4.92. The first-order valence-corrected chi connectivity index (χ1v) is 12.7. The zero-order valence-electron chi connectivity index (χ0n) is 21.0. The third-order valence-electron chi connectivity index (χ3n) is 6.75. The number of rotatable bonds is 5. The lowest BCUT2D eigenvalue weighted by atomic mass is 9.96. The highest BCUT2D eigenvalue weighted by molar-refractivity contribution is 7.80. The van der Waals surface area contributed by atoms with Gasteiger partial charge in [0.1, 0.15) is 5.75 Å². The number of aromatic nitrogens is 2. The summed E-state index contributed by atoms with van der Waals surface area (Å²) in [7, 11) is 1.68. The normalized spacial score (nSPS) is 17.4. The van der Waals surface area contributed by atoms with E-state index in [1.807, 2.05) is 36.5 Å². The lowest BCUT2D eigenvalue weighted by molar-refractivity contribution is 0.412. The van der Waals surface area contributed by atoms with Gasteiger partial charge in [-0.3, -0.25) is 4.98 Å². The van der Waals surface area contributed by atoms with E-state index in [-0.39, 0.29) is 12.1 Å². The molecule has 5 nitrogen and oxygen atoms in total. The highest BCUT2D eigenvalue weighted by atomic mass is 35.5. The van der Waals surface area contributed by atoms with Crippen molar-refractivity contribution >= 4 is 34.6 Å². The minimum atomic E-state index is -0.116. The fourth-order valence-electron chi connectivity index (χ4n) is 5.33. The molecule has 1 saturated heterocycles. The smallest absolute Gasteiger partial charge is 0.174 e. The number of hydrogen-bond acceptors (Lipinski definition) is 3. The number of methoxy groups -OCH3 is 1. The molecule has 1 aliphatic heterocycles. The van der Waals surface area contributed by atoms with Gasteiger partial charge in [0.25, 0.3) is 0 Å². The molecule has 0 amide bonds. The Morgan fingerprint density at radius 1 is 0.972 bits per heavy atom. The van der Waals surface area contributed by atoms with Gasteiger partial charge in [-0.05, 0) is 105 Å². The van der Waals surface area contributed by atoms with E-state index < -0.39 is 0 Å². The molecule has 0 aliphatic carbocycles. The van der Waals surface area contributed by atoms with Gasteiger partial charge in [-0.15, -0.1) is 0 Å². The number of aryl methyl sites for hydroxylation is 3. The first-order chi connectivity index (χ1) is 17.3. The number of nitrogens with zero attached hydrogens (tertiary/aromatic N) is 3. The lowest BCUT2D eigenvalue weighted by Crippen LogP contribution is -2.29. The third kappa shape index (κ3) is 4.25. The second-order valence-corrected chi connectivity index (χ2v) is 10.1. The van der Waals surface area contributed by atoms with Gasteiger partial charge in [-0.1, -0.05) is 23.7 Å². The maximum absolute atomic E-state index is 6.40. The van der Waals surface area contributed by atoms with E-state index >= 15 is 0 Å². The van der Waals surface area contributed by atoms with Crippen molar-refractivity contribution in [1.29, 1.82) is 0 Å². The summed E-state index contributed by atoms with van der Waals surface area (Å²) in [4.78, 5) is 6.93. The van der Waals surface area contributed by atoms with E-state index in [1.165, 1.54) is 11.1 Å². The molecular weight excluding hydrogens is 488 g/mol. The summed E-state index contributed by atoms with van der Waals surface area (Å²) < 4.78 is 7.90. The topological polar surface area (TPSA) is 42.3 Å². The fraction of sp³-hybridized carbons (Fsp3) is 0.241. The lowest BCUT2D eigenvalue weighted by Gasteiger charge is -2.29. The minimum absolute atomic E-state index is 0.0984. The number of nitrogens with one attached hydrogen (secondary N) is 1. The second kappa shape index (κ2) is 9.60. The third-order valence-corrected chi connectivity index (χ3v) is 7.30. The predicted octanol–water partition coefficient (Wildman–Crippen LogP) is 6.95. The summed E-state index contributed by atoms with van der Waals surface area (Å²) in [6, 6.07) is 20.3. The number of benzene rings is 2. The number of anilines is 1. The molecule has 36 heavy (non-hydrogen) atoms. The number of ether oxygens (including phenoxy) is 1. The number of halogens is 1. The molecule has 2 atom stereocenters. The highest BCUT2D eigenvalue weighted by Gasteiger charge is 2.42. The van der Waals surface area contributed by atoms with Gasteiger partial charge in [-0.25, -0.2) is 0 Å². The summed E-state index contributed by atoms with van der Waals surface area (Å²) in [6.07, 6.45) is 1.83. The molecule has 4 aromatic rings. The second-order valence-electron chi connectivity index (χ2n) is 9.32. The van der Waals surface area contributed by atoms with Gasteiger partial charge >= 0.3 is 0 Å².